The van der Waals surface area contributed by atoms with Gasteiger partial charge in [0.2, 0.25) is 5.95 Å². The van der Waals surface area contributed by atoms with E-state index in [0.717, 1.165) is 12.1 Å². The Morgan fingerprint density at radius 2 is 1.77 bits per heavy atom. The fourth-order valence-electron chi connectivity index (χ4n) is 3.08. The van der Waals surface area contributed by atoms with Gasteiger partial charge in [-0.2, -0.15) is 10.1 Å². The van der Waals surface area contributed by atoms with Gasteiger partial charge < -0.3 is 19.7 Å². The molecule has 2 aliphatic heterocycles. The van der Waals surface area contributed by atoms with Gasteiger partial charge in [0.05, 0.1) is 25.1 Å². The minimum atomic E-state index is -1.55. The van der Waals surface area contributed by atoms with Gasteiger partial charge in [-0.15, -0.1) is 5.10 Å². The van der Waals surface area contributed by atoms with Gasteiger partial charge in [0.1, 0.15) is 0 Å². The first-order valence-electron chi connectivity index (χ1n) is 8.19. The SMILES string of the molecule is Fc1ccc(Nc2cnnc(N3CCC4(CC3)OCCO4)n2)c(F)c1F. The highest BCUT2D eigenvalue weighted by Crippen LogP contribution is 2.32. The van der Waals surface area contributed by atoms with Gasteiger partial charge in [-0.3, -0.25) is 0 Å². The van der Waals surface area contributed by atoms with Crippen LogP contribution in [0, 0.1) is 17.5 Å². The average Bonchev–Trinajstić information content (AvgIpc) is 3.11. The minimum Gasteiger partial charge on any atom is -0.347 e. The summed E-state index contributed by atoms with van der Waals surface area (Å²) in [6, 6.07) is 1.93. The van der Waals surface area contributed by atoms with Crippen molar-refractivity contribution < 1.29 is 22.6 Å². The molecule has 26 heavy (non-hydrogen) atoms. The predicted octanol–water partition coefficient (Wildman–Crippen LogP) is 2.38. The molecule has 0 radical (unpaired) electrons. The van der Waals surface area contributed by atoms with Crippen molar-refractivity contribution in [3.05, 3.63) is 35.8 Å². The lowest BCUT2D eigenvalue weighted by atomic mass is 10.0. The molecule has 0 saturated carbocycles. The normalized spacial score (nSPS) is 19.1. The standard InChI is InChI=1S/C16H16F3N5O2/c17-10-1-2-11(14(19)13(10)18)21-12-9-20-23-15(22-12)24-5-3-16(4-6-24)25-7-8-26-16/h1-2,9H,3-8H2,(H,21,22,23). The van der Waals surface area contributed by atoms with Crippen LogP contribution < -0.4 is 10.2 Å². The van der Waals surface area contributed by atoms with Crippen molar-refractivity contribution in [1.82, 2.24) is 15.2 Å². The van der Waals surface area contributed by atoms with Crippen molar-refractivity contribution in [2.75, 3.05) is 36.5 Å². The van der Waals surface area contributed by atoms with E-state index in [0.29, 0.717) is 45.1 Å². The number of hydrogen-bond acceptors (Lipinski definition) is 7. The smallest absolute Gasteiger partial charge is 0.247 e. The Balaban J connectivity index is 1.48. The van der Waals surface area contributed by atoms with Gasteiger partial charge in [-0.25, -0.2) is 13.2 Å². The maximum atomic E-state index is 13.8. The summed E-state index contributed by atoms with van der Waals surface area (Å²) >= 11 is 0. The molecule has 0 unspecified atom stereocenters. The van der Waals surface area contributed by atoms with Crippen LogP contribution in [0.15, 0.2) is 18.3 Å². The van der Waals surface area contributed by atoms with E-state index in [9.17, 15) is 13.2 Å². The van der Waals surface area contributed by atoms with Gasteiger partial charge in [-0.05, 0) is 12.1 Å². The summed E-state index contributed by atoms with van der Waals surface area (Å²) in [5.74, 6) is -4.11. The first-order chi connectivity index (χ1) is 12.6. The second-order valence-electron chi connectivity index (χ2n) is 6.08. The monoisotopic (exact) mass is 367 g/mol. The molecule has 7 nitrogen and oxygen atoms in total. The van der Waals surface area contributed by atoms with E-state index in [1.165, 1.54) is 6.20 Å². The lowest BCUT2D eigenvalue weighted by Gasteiger charge is -2.37. The van der Waals surface area contributed by atoms with Crippen LogP contribution in [0.2, 0.25) is 0 Å². The largest absolute Gasteiger partial charge is 0.347 e. The van der Waals surface area contributed by atoms with Crippen LogP contribution in [0.5, 0.6) is 0 Å². The third kappa shape index (κ3) is 3.17. The maximum Gasteiger partial charge on any atom is 0.247 e. The van der Waals surface area contributed by atoms with Crippen molar-refractivity contribution >= 4 is 17.5 Å². The van der Waals surface area contributed by atoms with Crippen LogP contribution in [-0.4, -0.2) is 47.3 Å². The molecule has 2 saturated heterocycles. The average molecular weight is 367 g/mol. The molecule has 0 aliphatic carbocycles. The lowest BCUT2D eigenvalue weighted by molar-refractivity contribution is -0.169. The molecule has 2 aliphatic rings. The Kier molecular flexibility index (Phi) is 4.37. The van der Waals surface area contributed by atoms with Gasteiger partial charge in [0.15, 0.2) is 29.1 Å². The predicted molar refractivity (Wildman–Crippen MR) is 85.5 cm³/mol. The number of benzene rings is 1. The van der Waals surface area contributed by atoms with Gasteiger partial charge >= 0.3 is 0 Å². The van der Waals surface area contributed by atoms with E-state index in [-0.39, 0.29) is 11.5 Å². The van der Waals surface area contributed by atoms with E-state index in [4.69, 9.17) is 9.47 Å². The fraction of sp³-hybridized carbons (Fsp3) is 0.438. The summed E-state index contributed by atoms with van der Waals surface area (Å²) in [4.78, 5) is 6.19. The van der Waals surface area contributed by atoms with Crippen LogP contribution in [0.25, 0.3) is 0 Å². The highest BCUT2D eigenvalue weighted by atomic mass is 19.2. The molecule has 1 aromatic heterocycles. The number of halogens is 3. The van der Waals surface area contributed by atoms with E-state index in [1.807, 2.05) is 4.90 Å². The maximum absolute atomic E-state index is 13.8. The first kappa shape index (κ1) is 17.0. The molecule has 2 fully saturated rings. The number of hydrogen-bond donors (Lipinski definition) is 1. The number of ether oxygens (including phenoxy) is 2. The van der Waals surface area contributed by atoms with Crippen molar-refractivity contribution in [2.24, 2.45) is 0 Å². The lowest BCUT2D eigenvalue weighted by Crippen LogP contribution is -2.45. The Labute approximate surface area is 147 Å². The van der Waals surface area contributed by atoms with Crippen molar-refractivity contribution in [2.45, 2.75) is 18.6 Å². The molecule has 138 valence electrons. The number of piperidine rings is 1. The van der Waals surface area contributed by atoms with Crippen LogP contribution in [0.4, 0.5) is 30.6 Å². The molecular formula is C16H16F3N5O2. The van der Waals surface area contributed by atoms with Crippen LogP contribution >= 0.6 is 0 Å². The summed E-state index contributed by atoms with van der Waals surface area (Å²) in [5.41, 5.74) is -0.235. The summed E-state index contributed by atoms with van der Waals surface area (Å²) in [5, 5.41) is 10.4. The quantitative estimate of drug-likeness (QED) is 0.835. The molecule has 0 amide bonds. The third-order valence-electron chi connectivity index (χ3n) is 4.47. The van der Waals surface area contributed by atoms with Gasteiger partial charge in [-0.1, -0.05) is 0 Å². The summed E-state index contributed by atoms with van der Waals surface area (Å²) in [6.45, 7) is 2.42. The summed E-state index contributed by atoms with van der Waals surface area (Å²) in [6.07, 6.45) is 2.62. The second kappa shape index (κ2) is 6.69. The molecule has 0 atom stereocenters. The molecule has 4 rings (SSSR count). The highest BCUT2D eigenvalue weighted by Gasteiger charge is 2.40. The fourth-order valence-corrected chi connectivity index (χ4v) is 3.08. The Hall–Kier alpha value is -2.46. The van der Waals surface area contributed by atoms with Gasteiger partial charge in [0, 0.05) is 25.9 Å². The Morgan fingerprint density at radius 3 is 2.50 bits per heavy atom. The van der Waals surface area contributed by atoms with E-state index in [2.05, 4.69) is 20.5 Å². The molecule has 1 aromatic carbocycles. The molecule has 1 spiro atoms. The molecular weight excluding hydrogens is 351 g/mol. The first-order valence-corrected chi connectivity index (χ1v) is 8.19. The molecule has 0 bridgehead atoms. The van der Waals surface area contributed by atoms with E-state index in [1.54, 1.807) is 0 Å². The van der Waals surface area contributed by atoms with Crippen LogP contribution in [-0.2, 0) is 9.47 Å². The van der Waals surface area contributed by atoms with Crippen molar-refractivity contribution in [1.29, 1.82) is 0 Å². The van der Waals surface area contributed by atoms with Crippen LogP contribution in [0.3, 0.4) is 0 Å². The Morgan fingerprint density at radius 1 is 1.04 bits per heavy atom. The molecule has 10 heteroatoms. The highest BCUT2D eigenvalue weighted by molar-refractivity contribution is 5.57. The zero-order chi connectivity index (χ0) is 18.1. The van der Waals surface area contributed by atoms with Crippen molar-refractivity contribution in [3.8, 4) is 0 Å². The van der Waals surface area contributed by atoms with E-state index >= 15 is 0 Å². The number of anilines is 3. The number of aromatic nitrogens is 3. The topological polar surface area (TPSA) is 72.4 Å². The minimum absolute atomic E-state index is 0.175. The molecule has 1 N–H and O–H groups in total. The Bertz CT molecular complexity index is 806. The molecule has 2 aromatic rings. The molecule has 3 heterocycles. The summed E-state index contributed by atoms with van der Waals surface area (Å²) < 4.78 is 51.5. The second-order valence-corrected chi connectivity index (χ2v) is 6.08. The number of rotatable bonds is 3. The summed E-state index contributed by atoms with van der Waals surface area (Å²) in [7, 11) is 0. The van der Waals surface area contributed by atoms with Crippen LogP contribution in [0.1, 0.15) is 12.8 Å². The zero-order valence-corrected chi connectivity index (χ0v) is 13.7. The third-order valence-corrected chi connectivity index (χ3v) is 4.47. The number of nitrogens with zero attached hydrogens (tertiary/aromatic N) is 4. The van der Waals surface area contributed by atoms with Crippen molar-refractivity contribution in [3.63, 3.8) is 0 Å². The van der Waals surface area contributed by atoms with Gasteiger partial charge in [0.25, 0.3) is 0 Å². The van der Waals surface area contributed by atoms with E-state index < -0.39 is 23.2 Å². The number of nitrogens with one attached hydrogen (secondary N) is 1. The zero-order valence-electron chi connectivity index (χ0n) is 13.7.